The molecule has 0 aliphatic carbocycles. The molecular weight excluding hydrogens is 228 g/mol. The fourth-order valence-electron chi connectivity index (χ4n) is 2.45. The van der Waals surface area contributed by atoms with E-state index in [1.54, 1.807) is 12.3 Å². The van der Waals surface area contributed by atoms with E-state index in [2.05, 4.69) is 9.88 Å². The van der Waals surface area contributed by atoms with Crippen LogP contribution in [0.4, 0.5) is 5.82 Å². The van der Waals surface area contributed by atoms with E-state index in [1.807, 2.05) is 6.07 Å². The molecule has 2 rings (SSSR count). The van der Waals surface area contributed by atoms with Gasteiger partial charge in [-0.25, -0.2) is 4.98 Å². The van der Waals surface area contributed by atoms with Crippen LogP contribution in [-0.4, -0.2) is 35.6 Å². The van der Waals surface area contributed by atoms with Crippen molar-refractivity contribution in [1.29, 1.82) is 5.41 Å². The third-order valence-electron chi connectivity index (χ3n) is 3.44. The van der Waals surface area contributed by atoms with Crippen molar-refractivity contribution in [3.63, 3.8) is 0 Å². The first-order chi connectivity index (χ1) is 8.70. The molecule has 0 amide bonds. The fraction of sp³-hybridized carbons (Fsp3) is 0.538. The highest BCUT2D eigenvalue weighted by Gasteiger charge is 2.20. The van der Waals surface area contributed by atoms with Crippen LogP contribution in [0.25, 0.3) is 0 Å². The van der Waals surface area contributed by atoms with E-state index in [1.165, 1.54) is 6.42 Å². The minimum atomic E-state index is 0.0718. The van der Waals surface area contributed by atoms with Crippen molar-refractivity contribution in [1.82, 2.24) is 4.98 Å². The summed E-state index contributed by atoms with van der Waals surface area (Å²) < 4.78 is 0. The molecule has 5 nitrogen and oxygen atoms in total. The number of aliphatic hydroxyl groups is 1. The first-order valence-corrected chi connectivity index (χ1v) is 6.37. The van der Waals surface area contributed by atoms with Crippen LogP contribution < -0.4 is 10.6 Å². The lowest BCUT2D eigenvalue weighted by Gasteiger charge is -2.33. The van der Waals surface area contributed by atoms with Gasteiger partial charge in [-0.1, -0.05) is 0 Å². The minimum Gasteiger partial charge on any atom is -0.396 e. The van der Waals surface area contributed by atoms with Gasteiger partial charge in [-0.3, -0.25) is 5.41 Å². The average Bonchev–Trinajstić information content (AvgIpc) is 2.39. The number of piperidine rings is 1. The Hall–Kier alpha value is -1.62. The van der Waals surface area contributed by atoms with E-state index in [4.69, 9.17) is 16.2 Å². The van der Waals surface area contributed by atoms with Crippen molar-refractivity contribution in [3.8, 4) is 0 Å². The van der Waals surface area contributed by atoms with Crippen molar-refractivity contribution >= 4 is 11.7 Å². The van der Waals surface area contributed by atoms with E-state index in [-0.39, 0.29) is 12.4 Å². The molecule has 2 heterocycles. The van der Waals surface area contributed by atoms with E-state index < -0.39 is 0 Å². The first kappa shape index (κ1) is 12.8. The van der Waals surface area contributed by atoms with Gasteiger partial charge in [-0.2, -0.15) is 0 Å². The fourth-order valence-corrected chi connectivity index (χ4v) is 2.45. The Bertz CT molecular complexity index is 419. The first-order valence-electron chi connectivity index (χ1n) is 6.37. The highest BCUT2D eigenvalue weighted by Crippen LogP contribution is 2.23. The van der Waals surface area contributed by atoms with Gasteiger partial charge in [0.2, 0.25) is 0 Å². The number of amidine groups is 1. The van der Waals surface area contributed by atoms with Gasteiger partial charge in [-0.05, 0) is 37.3 Å². The standard InChI is InChI=1S/C13H20N4O/c14-13(15)11-3-5-16-12(8-11)17-6-1-2-10(9-17)4-7-18/h3,5,8,10,18H,1-2,4,6-7,9H2,(H3,14,15). The molecule has 98 valence electrons. The monoisotopic (exact) mass is 248 g/mol. The number of rotatable bonds is 4. The maximum Gasteiger partial charge on any atom is 0.129 e. The highest BCUT2D eigenvalue weighted by atomic mass is 16.3. The number of nitrogen functional groups attached to an aromatic ring is 1. The van der Waals surface area contributed by atoms with Gasteiger partial charge < -0.3 is 15.7 Å². The number of aliphatic hydroxyl groups excluding tert-OH is 1. The molecule has 0 bridgehead atoms. The second-order valence-corrected chi connectivity index (χ2v) is 4.78. The largest absolute Gasteiger partial charge is 0.396 e. The van der Waals surface area contributed by atoms with Crippen molar-refractivity contribution in [3.05, 3.63) is 23.9 Å². The summed E-state index contributed by atoms with van der Waals surface area (Å²) in [6, 6.07) is 3.62. The number of hydrogen-bond acceptors (Lipinski definition) is 4. The predicted molar refractivity (Wildman–Crippen MR) is 71.9 cm³/mol. The molecule has 18 heavy (non-hydrogen) atoms. The van der Waals surface area contributed by atoms with Crippen LogP contribution in [0.15, 0.2) is 18.3 Å². The Morgan fingerprint density at radius 3 is 3.17 bits per heavy atom. The van der Waals surface area contributed by atoms with Crippen LogP contribution in [-0.2, 0) is 0 Å². The van der Waals surface area contributed by atoms with Gasteiger partial charge in [0.25, 0.3) is 0 Å². The summed E-state index contributed by atoms with van der Waals surface area (Å²) in [5.41, 5.74) is 6.20. The Kier molecular flexibility index (Phi) is 4.15. The van der Waals surface area contributed by atoms with Gasteiger partial charge in [0, 0.05) is 31.5 Å². The summed E-state index contributed by atoms with van der Waals surface area (Å²) in [6.07, 6.45) is 4.84. The van der Waals surface area contributed by atoms with Gasteiger partial charge in [0.15, 0.2) is 0 Å². The number of hydrogen-bond donors (Lipinski definition) is 3. The number of pyridine rings is 1. The predicted octanol–water partition coefficient (Wildman–Crippen LogP) is 0.964. The third kappa shape index (κ3) is 2.98. The molecule has 1 aromatic heterocycles. The van der Waals surface area contributed by atoms with E-state index in [0.29, 0.717) is 11.5 Å². The highest BCUT2D eigenvalue weighted by molar-refractivity contribution is 5.95. The molecule has 1 aliphatic rings. The zero-order chi connectivity index (χ0) is 13.0. The molecule has 1 aromatic rings. The van der Waals surface area contributed by atoms with Gasteiger partial charge in [-0.15, -0.1) is 0 Å². The van der Waals surface area contributed by atoms with E-state index >= 15 is 0 Å². The Morgan fingerprint density at radius 1 is 1.61 bits per heavy atom. The average molecular weight is 248 g/mol. The molecule has 1 unspecified atom stereocenters. The van der Waals surface area contributed by atoms with Gasteiger partial charge >= 0.3 is 0 Å². The van der Waals surface area contributed by atoms with Crippen molar-refractivity contribution in [2.24, 2.45) is 11.7 Å². The third-order valence-corrected chi connectivity index (χ3v) is 3.44. The van der Waals surface area contributed by atoms with Gasteiger partial charge in [0.05, 0.1) is 0 Å². The summed E-state index contributed by atoms with van der Waals surface area (Å²) in [7, 11) is 0. The molecule has 0 radical (unpaired) electrons. The summed E-state index contributed by atoms with van der Waals surface area (Å²) in [5.74, 6) is 1.49. The lowest BCUT2D eigenvalue weighted by Crippen LogP contribution is -2.36. The number of nitrogens with zero attached hydrogens (tertiary/aromatic N) is 2. The zero-order valence-corrected chi connectivity index (χ0v) is 10.5. The molecule has 1 saturated heterocycles. The maximum absolute atomic E-state index is 9.01. The zero-order valence-electron chi connectivity index (χ0n) is 10.5. The Balaban J connectivity index is 2.10. The molecular formula is C13H20N4O. The Morgan fingerprint density at radius 2 is 2.44 bits per heavy atom. The maximum atomic E-state index is 9.01. The van der Waals surface area contributed by atoms with E-state index in [9.17, 15) is 0 Å². The van der Waals surface area contributed by atoms with Crippen LogP contribution in [0.2, 0.25) is 0 Å². The van der Waals surface area contributed by atoms with Crippen LogP contribution in [0.1, 0.15) is 24.8 Å². The van der Waals surface area contributed by atoms with E-state index in [0.717, 1.165) is 31.7 Å². The molecule has 4 N–H and O–H groups in total. The molecule has 0 spiro atoms. The summed E-state index contributed by atoms with van der Waals surface area (Å²) in [5, 5.41) is 16.5. The second-order valence-electron chi connectivity index (χ2n) is 4.78. The Labute approximate surface area is 107 Å². The summed E-state index contributed by atoms with van der Waals surface area (Å²) in [6.45, 7) is 2.16. The van der Waals surface area contributed by atoms with Crippen LogP contribution >= 0.6 is 0 Å². The lowest BCUT2D eigenvalue weighted by molar-refractivity contribution is 0.244. The second kappa shape index (κ2) is 5.82. The number of aromatic nitrogens is 1. The molecule has 1 fully saturated rings. The SMILES string of the molecule is N=C(N)c1ccnc(N2CCCC(CCO)C2)c1. The normalized spacial score (nSPS) is 19.8. The number of anilines is 1. The van der Waals surface area contributed by atoms with Crippen LogP contribution in [0.3, 0.4) is 0 Å². The minimum absolute atomic E-state index is 0.0718. The van der Waals surface area contributed by atoms with Crippen LogP contribution in [0, 0.1) is 11.3 Å². The number of nitrogens with one attached hydrogen (secondary N) is 1. The van der Waals surface area contributed by atoms with Crippen molar-refractivity contribution < 1.29 is 5.11 Å². The van der Waals surface area contributed by atoms with Gasteiger partial charge in [0.1, 0.15) is 11.7 Å². The quantitative estimate of drug-likeness (QED) is 0.547. The molecule has 5 heteroatoms. The smallest absolute Gasteiger partial charge is 0.129 e. The van der Waals surface area contributed by atoms with Crippen LogP contribution in [0.5, 0.6) is 0 Å². The van der Waals surface area contributed by atoms with Crippen molar-refractivity contribution in [2.45, 2.75) is 19.3 Å². The summed E-state index contributed by atoms with van der Waals surface area (Å²) in [4.78, 5) is 6.57. The number of nitrogens with two attached hydrogens (primary N) is 1. The summed E-state index contributed by atoms with van der Waals surface area (Å²) >= 11 is 0. The molecule has 0 saturated carbocycles. The molecule has 1 atom stereocenters. The lowest BCUT2D eigenvalue weighted by atomic mass is 9.95. The van der Waals surface area contributed by atoms with Crippen molar-refractivity contribution in [2.75, 3.05) is 24.6 Å². The molecule has 0 aromatic carbocycles. The molecule has 1 aliphatic heterocycles. The topological polar surface area (TPSA) is 86.2 Å².